The van der Waals surface area contributed by atoms with Crippen LogP contribution in [-0.4, -0.2) is 35.4 Å². The van der Waals surface area contributed by atoms with Crippen molar-refractivity contribution in [3.63, 3.8) is 0 Å². The smallest absolute Gasteiger partial charge is 0.256 e. The van der Waals surface area contributed by atoms with Crippen LogP contribution < -0.4 is 5.32 Å². The van der Waals surface area contributed by atoms with Crippen molar-refractivity contribution in [2.45, 2.75) is 6.04 Å². The number of amides is 1. The third-order valence-electron chi connectivity index (χ3n) is 3.69. The van der Waals surface area contributed by atoms with Crippen LogP contribution in [0.3, 0.4) is 0 Å². The van der Waals surface area contributed by atoms with Gasteiger partial charge in [-0.05, 0) is 23.8 Å². The maximum atomic E-state index is 13.4. The molecule has 1 aromatic carbocycles. The summed E-state index contributed by atoms with van der Waals surface area (Å²) >= 11 is 0. The highest BCUT2D eigenvalue weighted by Gasteiger charge is 2.29. The standard InChI is InChI=1S/C16H15F2N3O/c17-13-3-1-2-11(6-13)15-10-19-4-5-21(15)16(22)12-7-14(18)9-20-8-12/h1-3,6-9,15,19H,4-5,10H2. The molecular formula is C16H15F2N3O. The molecule has 2 aromatic rings. The molecule has 114 valence electrons. The predicted molar refractivity (Wildman–Crippen MR) is 77.2 cm³/mol. The number of carbonyl (C=O) groups excluding carboxylic acids is 1. The summed E-state index contributed by atoms with van der Waals surface area (Å²) in [7, 11) is 0. The molecule has 0 aliphatic carbocycles. The fraction of sp³-hybridized carbons (Fsp3) is 0.250. The summed E-state index contributed by atoms with van der Waals surface area (Å²) < 4.78 is 26.7. The highest BCUT2D eigenvalue weighted by molar-refractivity contribution is 5.94. The van der Waals surface area contributed by atoms with Gasteiger partial charge in [-0.1, -0.05) is 12.1 Å². The number of nitrogens with zero attached hydrogens (tertiary/aromatic N) is 2. The Bertz CT molecular complexity index is 693. The van der Waals surface area contributed by atoms with Crippen LogP contribution in [0.25, 0.3) is 0 Å². The molecule has 1 aliphatic heterocycles. The predicted octanol–water partition coefficient (Wildman–Crippen LogP) is 2.15. The van der Waals surface area contributed by atoms with Gasteiger partial charge in [0, 0.05) is 25.8 Å². The summed E-state index contributed by atoms with van der Waals surface area (Å²) in [6.45, 7) is 1.63. The molecule has 1 N–H and O–H groups in total. The van der Waals surface area contributed by atoms with E-state index in [-0.39, 0.29) is 23.3 Å². The largest absolute Gasteiger partial charge is 0.329 e. The Morgan fingerprint density at radius 2 is 2.09 bits per heavy atom. The molecular weight excluding hydrogens is 288 g/mol. The van der Waals surface area contributed by atoms with E-state index in [0.717, 1.165) is 6.20 Å². The molecule has 2 heterocycles. The minimum atomic E-state index is -0.553. The molecule has 1 aromatic heterocycles. The van der Waals surface area contributed by atoms with E-state index in [9.17, 15) is 13.6 Å². The molecule has 0 saturated carbocycles. The van der Waals surface area contributed by atoms with E-state index in [4.69, 9.17) is 0 Å². The fourth-order valence-electron chi connectivity index (χ4n) is 2.65. The highest BCUT2D eigenvalue weighted by atomic mass is 19.1. The lowest BCUT2D eigenvalue weighted by molar-refractivity contribution is 0.0633. The van der Waals surface area contributed by atoms with Crippen molar-refractivity contribution in [1.29, 1.82) is 0 Å². The van der Waals surface area contributed by atoms with Gasteiger partial charge in [0.2, 0.25) is 0 Å². The Balaban J connectivity index is 1.91. The Hall–Kier alpha value is -2.34. The fourth-order valence-corrected chi connectivity index (χ4v) is 2.65. The van der Waals surface area contributed by atoms with E-state index in [2.05, 4.69) is 10.3 Å². The molecule has 1 unspecified atom stereocenters. The van der Waals surface area contributed by atoms with E-state index >= 15 is 0 Å². The first kappa shape index (κ1) is 14.6. The van der Waals surface area contributed by atoms with Crippen molar-refractivity contribution in [2.24, 2.45) is 0 Å². The quantitative estimate of drug-likeness (QED) is 0.924. The van der Waals surface area contributed by atoms with Gasteiger partial charge in [0.25, 0.3) is 5.91 Å². The van der Waals surface area contributed by atoms with Crippen molar-refractivity contribution in [3.05, 3.63) is 65.5 Å². The maximum absolute atomic E-state index is 13.4. The molecule has 1 saturated heterocycles. The van der Waals surface area contributed by atoms with Gasteiger partial charge in [-0.2, -0.15) is 0 Å². The van der Waals surface area contributed by atoms with Crippen LogP contribution in [0.15, 0.2) is 42.7 Å². The number of pyridine rings is 1. The summed E-state index contributed by atoms with van der Waals surface area (Å²) in [4.78, 5) is 18.0. The van der Waals surface area contributed by atoms with Gasteiger partial charge in [0.05, 0.1) is 17.8 Å². The Labute approximate surface area is 126 Å². The Morgan fingerprint density at radius 1 is 1.23 bits per heavy atom. The number of rotatable bonds is 2. The van der Waals surface area contributed by atoms with Gasteiger partial charge in [0.15, 0.2) is 0 Å². The molecule has 1 fully saturated rings. The lowest BCUT2D eigenvalue weighted by Crippen LogP contribution is -2.48. The zero-order valence-corrected chi connectivity index (χ0v) is 11.8. The second kappa shape index (κ2) is 6.19. The summed E-state index contributed by atoms with van der Waals surface area (Å²) in [5, 5.41) is 3.19. The molecule has 0 bridgehead atoms. The van der Waals surface area contributed by atoms with Crippen molar-refractivity contribution in [3.8, 4) is 0 Å². The molecule has 1 amide bonds. The minimum Gasteiger partial charge on any atom is -0.329 e. The maximum Gasteiger partial charge on any atom is 0.256 e. The van der Waals surface area contributed by atoms with Crippen LogP contribution in [0, 0.1) is 11.6 Å². The first-order chi connectivity index (χ1) is 10.6. The SMILES string of the molecule is O=C(c1cncc(F)c1)N1CCNCC1c1cccc(F)c1. The van der Waals surface area contributed by atoms with Crippen LogP contribution in [0.4, 0.5) is 8.78 Å². The van der Waals surface area contributed by atoms with Gasteiger partial charge in [-0.25, -0.2) is 8.78 Å². The van der Waals surface area contributed by atoms with Crippen molar-refractivity contribution >= 4 is 5.91 Å². The van der Waals surface area contributed by atoms with Crippen molar-refractivity contribution in [1.82, 2.24) is 15.2 Å². The summed E-state index contributed by atoms with van der Waals surface area (Å²) in [5.74, 6) is -1.20. The van der Waals surface area contributed by atoms with Crippen LogP contribution in [-0.2, 0) is 0 Å². The molecule has 0 radical (unpaired) electrons. The minimum absolute atomic E-state index is 0.198. The van der Waals surface area contributed by atoms with Crippen LogP contribution >= 0.6 is 0 Å². The molecule has 3 rings (SSSR count). The highest BCUT2D eigenvalue weighted by Crippen LogP contribution is 2.24. The van der Waals surface area contributed by atoms with Gasteiger partial charge < -0.3 is 10.2 Å². The zero-order valence-electron chi connectivity index (χ0n) is 11.8. The van der Waals surface area contributed by atoms with Crippen molar-refractivity contribution < 1.29 is 13.6 Å². The second-order valence-corrected chi connectivity index (χ2v) is 5.17. The normalized spacial score (nSPS) is 18.3. The molecule has 1 atom stereocenters. The summed E-state index contributed by atoms with van der Waals surface area (Å²) in [5.41, 5.74) is 0.910. The number of hydrogen-bond donors (Lipinski definition) is 1. The van der Waals surface area contributed by atoms with E-state index in [1.165, 1.54) is 24.4 Å². The molecule has 6 heteroatoms. The van der Waals surface area contributed by atoms with Gasteiger partial charge in [-0.3, -0.25) is 9.78 Å². The number of nitrogens with one attached hydrogen (secondary N) is 1. The van der Waals surface area contributed by atoms with Crippen LogP contribution in [0.1, 0.15) is 22.0 Å². The Morgan fingerprint density at radius 3 is 2.86 bits per heavy atom. The third-order valence-corrected chi connectivity index (χ3v) is 3.69. The molecule has 0 spiro atoms. The van der Waals surface area contributed by atoms with Gasteiger partial charge in [-0.15, -0.1) is 0 Å². The number of benzene rings is 1. The number of carbonyl (C=O) groups is 1. The van der Waals surface area contributed by atoms with Crippen LogP contribution in [0.5, 0.6) is 0 Å². The average molecular weight is 303 g/mol. The van der Waals surface area contributed by atoms with Crippen LogP contribution in [0.2, 0.25) is 0 Å². The lowest BCUT2D eigenvalue weighted by Gasteiger charge is -2.36. The van der Waals surface area contributed by atoms with Crippen molar-refractivity contribution in [2.75, 3.05) is 19.6 Å². The van der Waals surface area contributed by atoms with E-state index in [0.29, 0.717) is 25.2 Å². The lowest BCUT2D eigenvalue weighted by atomic mass is 10.0. The topological polar surface area (TPSA) is 45.2 Å². The summed E-state index contributed by atoms with van der Waals surface area (Å²) in [6, 6.07) is 7.06. The van der Waals surface area contributed by atoms with E-state index in [1.807, 2.05) is 0 Å². The number of halogens is 2. The molecule has 1 aliphatic rings. The average Bonchev–Trinajstić information content (AvgIpc) is 2.54. The number of aromatic nitrogens is 1. The number of hydrogen-bond acceptors (Lipinski definition) is 3. The first-order valence-corrected chi connectivity index (χ1v) is 7.03. The first-order valence-electron chi connectivity index (χ1n) is 7.03. The van der Waals surface area contributed by atoms with E-state index < -0.39 is 5.82 Å². The monoisotopic (exact) mass is 303 g/mol. The van der Waals surface area contributed by atoms with E-state index in [1.54, 1.807) is 17.0 Å². The zero-order chi connectivity index (χ0) is 15.5. The van der Waals surface area contributed by atoms with Gasteiger partial charge >= 0.3 is 0 Å². The Kier molecular flexibility index (Phi) is 4.11. The van der Waals surface area contributed by atoms with Gasteiger partial charge in [0.1, 0.15) is 11.6 Å². The molecule has 22 heavy (non-hydrogen) atoms. The number of piperazine rings is 1. The third kappa shape index (κ3) is 2.96. The summed E-state index contributed by atoms with van der Waals surface area (Å²) in [6.07, 6.45) is 2.40. The second-order valence-electron chi connectivity index (χ2n) is 5.17. The molecule has 4 nitrogen and oxygen atoms in total.